The van der Waals surface area contributed by atoms with Gasteiger partial charge in [-0.25, -0.2) is 0 Å². The molecule has 0 fully saturated rings. The summed E-state index contributed by atoms with van der Waals surface area (Å²) in [5.74, 6) is 0. The Hall–Kier alpha value is -0.663. The highest BCUT2D eigenvalue weighted by atomic mass is 28.3. The first-order valence-corrected chi connectivity index (χ1v) is 7.19. The molecule has 0 aliphatic carbocycles. The Balaban J connectivity index is 4.96. The standard InChI is InChI=1S/C12H20Si/c1-7-11(5)13(9-3,10-4)12(6)8-2/h3-4,11-12H,7-8H2,1-2,5-6H3. The van der Waals surface area contributed by atoms with Crippen molar-refractivity contribution in [2.24, 2.45) is 0 Å². The predicted molar refractivity (Wildman–Crippen MR) is 62.9 cm³/mol. The van der Waals surface area contributed by atoms with Crippen LogP contribution in [0.2, 0.25) is 11.1 Å². The van der Waals surface area contributed by atoms with Gasteiger partial charge in [-0.3, -0.25) is 0 Å². The number of terminal acetylenes is 2. The van der Waals surface area contributed by atoms with Crippen molar-refractivity contribution in [3.05, 3.63) is 0 Å². The van der Waals surface area contributed by atoms with Crippen molar-refractivity contribution < 1.29 is 0 Å². The third-order valence-electron chi connectivity index (χ3n) is 3.26. The molecule has 1 heteroatoms. The third-order valence-corrected chi connectivity index (χ3v) is 8.14. The average molecular weight is 192 g/mol. The van der Waals surface area contributed by atoms with E-state index in [2.05, 4.69) is 38.8 Å². The molecule has 0 heterocycles. The SMILES string of the molecule is C#C[Si](C#C)(C(C)CC)C(C)CC. The lowest BCUT2D eigenvalue weighted by atomic mass is 10.3. The lowest BCUT2D eigenvalue weighted by Gasteiger charge is -2.31. The van der Waals surface area contributed by atoms with Crippen LogP contribution in [0.3, 0.4) is 0 Å². The van der Waals surface area contributed by atoms with Crippen LogP contribution in [0.15, 0.2) is 0 Å². The summed E-state index contributed by atoms with van der Waals surface area (Å²) in [5, 5.41) is 0. The van der Waals surface area contributed by atoms with Gasteiger partial charge in [-0.2, -0.15) is 0 Å². The molecule has 2 atom stereocenters. The van der Waals surface area contributed by atoms with E-state index >= 15 is 0 Å². The summed E-state index contributed by atoms with van der Waals surface area (Å²) < 4.78 is 0. The first-order valence-electron chi connectivity index (χ1n) is 5.04. The van der Waals surface area contributed by atoms with Gasteiger partial charge in [0, 0.05) is 0 Å². The number of hydrogen-bond donors (Lipinski definition) is 0. The average Bonchev–Trinajstić information content (AvgIpc) is 2.19. The first-order chi connectivity index (χ1) is 6.08. The Kier molecular flexibility index (Phi) is 4.89. The molecule has 0 aromatic heterocycles. The molecule has 0 saturated heterocycles. The molecular formula is C12H20Si. The van der Waals surface area contributed by atoms with E-state index in [-0.39, 0.29) is 0 Å². The van der Waals surface area contributed by atoms with Crippen LogP contribution in [0.5, 0.6) is 0 Å². The lowest BCUT2D eigenvalue weighted by molar-refractivity contribution is 0.778. The molecular weight excluding hydrogens is 172 g/mol. The van der Waals surface area contributed by atoms with Crippen molar-refractivity contribution in [2.45, 2.75) is 51.6 Å². The molecule has 0 bridgehead atoms. The Bertz CT molecular complexity index is 202. The van der Waals surface area contributed by atoms with Crippen molar-refractivity contribution in [3.63, 3.8) is 0 Å². The fourth-order valence-corrected chi connectivity index (χ4v) is 5.22. The molecule has 0 amide bonds. The van der Waals surface area contributed by atoms with E-state index in [4.69, 9.17) is 12.8 Å². The molecule has 2 unspecified atom stereocenters. The second-order valence-corrected chi connectivity index (χ2v) is 8.06. The van der Waals surface area contributed by atoms with Gasteiger partial charge in [-0.05, 0) is 11.1 Å². The van der Waals surface area contributed by atoms with Gasteiger partial charge in [0.15, 0.2) is 0 Å². The van der Waals surface area contributed by atoms with E-state index in [0.717, 1.165) is 12.8 Å². The molecule has 0 radical (unpaired) electrons. The molecule has 0 aliphatic heterocycles. The van der Waals surface area contributed by atoms with E-state index in [0.29, 0.717) is 11.1 Å². The molecule has 0 aromatic carbocycles. The van der Waals surface area contributed by atoms with Gasteiger partial charge in [-0.1, -0.05) is 40.5 Å². The molecule has 0 aliphatic rings. The van der Waals surface area contributed by atoms with Gasteiger partial charge in [0.1, 0.15) is 0 Å². The van der Waals surface area contributed by atoms with Crippen LogP contribution in [0.25, 0.3) is 0 Å². The van der Waals surface area contributed by atoms with Crippen LogP contribution in [-0.4, -0.2) is 8.07 Å². The Labute approximate surface area is 84.1 Å². The summed E-state index contributed by atoms with van der Waals surface area (Å²) in [7, 11) is -1.89. The maximum atomic E-state index is 5.64. The van der Waals surface area contributed by atoms with Crippen molar-refractivity contribution in [3.8, 4) is 23.9 Å². The zero-order valence-electron chi connectivity index (χ0n) is 9.22. The van der Waals surface area contributed by atoms with E-state index in [1.54, 1.807) is 0 Å². The topological polar surface area (TPSA) is 0 Å². The summed E-state index contributed by atoms with van der Waals surface area (Å²) in [6.07, 6.45) is 13.5. The van der Waals surface area contributed by atoms with Crippen LogP contribution >= 0.6 is 0 Å². The molecule has 0 rings (SSSR count). The summed E-state index contributed by atoms with van der Waals surface area (Å²) in [6, 6.07) is 0. The minimum Gasteiger partial charge on any atom is -0.126 e. The van der Waals surface area contributed by atoms with Gasteiger partial charge >= 0.3 is 0 Å². The van der Waals surface area contributed by atoms with Crippen molar-refractivity contribution in [2.75, 3.05) is 0 Å². The molecule has 13 heavy (non-hydrogen) atoms. The summed E-state index contributed by atoms with van der Waals surface area (Å²) >= 11 is 0. The smallest absolute Gasteiger partial charge is 0.126 e. The van der Waals surface area contributed by atoms with Crippen LogP contribution in [0, 0.1) is 23.9 Å². The normalized spacial score (nSPS) is 15.5. The minimum atomic E-state index is -1.89. The second-order valence-electron chi connectivity index (χ2n) is 3.78. The highest BCUT2D eigenvalue weighted by molar-refractivity contribution is 6.96. The fraction of sp³-hybridized carbons (Fsp3) is 0.667. The first kappa shape index (κ1) is 12.3. The van der Waals surface area contributed by atoms with Gasteiger partial charge in [0.25, 0.3) is 0 Å². The zero-order chi connectivity index (χ0) is 10.5. The monoisotopic (exact) mass is 192 g/mol. The lowest BCUT2D eigenvalue weighted by Crippen LogP contribution is -2.40. The number of rotatable bonds is 4. The molecule has 0 N–H and O–H groups in total. The number of hydrogen-bond acceptors (Lipinski definition) is 0. The third kappa shape index (κ3) is 2.17. The van der Waals surface area contributed by atoms with Gasteiger partial charge in [0.2, 0.25) is 8.07 Å². The Morgan fingerprint density at radius 3 is 1.46 bits per heavy atom. The Morgan fingerprint density at radius 1 is 1.00 bits per heavy atom. The highest BCUT2D eigenvalue weighted by Gasteiger charge is 2.39. The van der Waals surface area contributed by atoms with E-state index in [1.165, 1.54) is 0 Å². The van der Waals surface area contributed by atoms with Crippen LogP contribution in [-0.2, 0) is 0 Å². The zero-order valence-corrected chi connectivity index (χ0v) is 10.2. The maximum absolute atomic E-state index is 5.64. The van der Waals surface area contributed by atoms with Crippen LogP contribution in [0.4, 0.5) is 0 Å². The van der Waals surface area contributed by atoms with Crippen molar-refractivity contribution >= 4 is 8.07 Å². The molecule has 0 nitrogen and oxygen atoms in total. The largest absolute Gasteiger partial charge is 0.221 e. The fourth-order valence-electron chi connectivity index (χ4n) is 1.74. The summed E-state index contributed by atoms with van der Waals surface area (Å²) in [4.78, 5) is 0. The molecule has 0 spiro atoms. The van der Waals surface area contributed by atoms with Crippen molar-refractivity contribution in [1.29, 1.82) is 0 Å². The maximum Gasteiger partial charge on any atom is 0.221 e. The predicted octanol–water partition coefficient (Wildman–Crippen LogP) is 3.38. The van der Waals surface area contributed by atoms with Gasteiger partial charge < -0.3 is 0 Å². The minimum absolute atomic E-state index is 0.539. The quantitative estimate of drug-likeness (QED) is 0.473. The van der Waals surface area contributed by atoms with E-state index < -0.39 is 8.07 Å². The van der Waals surface area contributed by atoms with E-state index in [1.807, 2.05) is 0 Å². The van der Waals surface area contributed by atoms with Gasteiger partial charge in [0.05, 0.1) is 0 Å². The van der Waals surface area contributed by atoms with Gasteiger partial charge in [-0.15, -0.1) is 23.9 Å². The van der Waals surface area contributed by atoms with Crippen LogP contribution < -0.4 is 0 Å². The summed E-state index contributed by atoms with van der Waals surface area (Å²) in [5.41, 5.74) is 7.02. The van der Waals surface area contributed by atoms with Crippen molar-refractivity contribution in [1.82, 2.24) is 0 Å². The van der Waals surface area contributed by atoms with E-state index in [9.17, 15) is 0 Å². The highest BCUT2D eigenvalue weighted by Crippen LogP contribution is 2.35. The Morgan fingerprint density at radius 2 is 1.31 bits per heavy atom. The molecule has 0 saturated carbocycles. The summed E-state index contributed by atoms with van der Waals surface area (Å²) in [6.45, 7) is 8.75. The molecule has 0 aromatic rings. The second kappa shape index (κ2) is 5.15. The molecule has 72 valence electrons. The van der Waals surface area contributed by atoms with Crippen LogP contribution in [0.1, 0.15) is 40.5 Å².